The molecule has 2 fully saturated rings. The minimum Gasteiger partial charge on any atom is -0.391 e. The normalized spacial score (nSPS) is 16.0. The highest BCUT2D eigenvalue weighted by atomic mass is 32.1. The average molecular weight is 1190 g/mol. The summed E-state index contributed by atoms with van der Waals surface area (Å²) in [7, 11) is 1.74. The molecule has 2 saturated heterocycles. The van der Waals surface area contributed by atoms with Crippen molar-refractivity contribution >= 4 is 87.0 Å². The van der Waals surface area contributed by atoms with Crippen molar-refractivity contribution in [3.8, 4) is 33.8 Å². The second kappa shape index (κ2) is 23.8. The molecule has 15 rings (SSSR count). The largest absolute Gasteiger partial charge is 0.391 e. The third kappa shape index (κ3) is 11.6. The summed E-state index contributed by atoms with van der Waals surface area (Å²) in [5, 5.41) is 40.7. The highest BCUT2D eigenvalue weighted by Crippen LogP contribution is 2.36. The number of piperidine rings is 2. The lowest BCUT2D eigenvalue weighted by Gasteiger charge is -2.30. The van der Waals surface area contributed by atoms with Crippen LogP contribution < -0.4 is 10.6 Å². The van der Waals surface area contributed by atoms with Gasteiger partial charge in [0.25, 0.3) is 0 Å². The Bertz CT molecular complexity index is 4610. The molecule has 436 valence electrons. The van der Waals surface area contributed by atoms with E-state index >= 15 is 4.39 Å². The number of nitrogens with zero attached hydrogens (tertiary/aromatic N) is 13. The summed E-state index contributed by atoms with van der Waals surface area (Å²) in [6.45, 7) is 16.1. The predicted molar refractivity (Wildman–Crippen MR) is 333 cm³/mol. The molecule has 0 aliphatic carbocycles. The summed E-state index contributed by atoms with van der Waals surface area (Å²) in [5.41, 5.74) is 12.4. The molecule has 0 bridgehead atoms. The molecule has 1 atom stereocenters. The molecule has 0 radical (unpaired) electrons. The van der Waals surface area contributed by atoms with Crippen molar-refractivity contribution in [2.45, 2.75) is 84.5 Å². The molecule has 86 heavy (non-hydrogen) atoms. The maximum absolute atomic E-state index is 15.1. The van der Waals surface area contributed by atoms with Gasteiger partial charge < -0.3 is 15.5 Å². The lowest BCUT2D eigenvalue weighted by molar-refractivity contribution is 0.220. The summed E-state index contributed by atoms with van der Waals surface area (Å²) in [6.07, 6.45) is 10.7. The SMILES string of the molecule is CCN1CCC(c2cc3c(F)cc(-c4cc(C)c5nc(C)sc5n4)cc3nn2)CC1.Cc1nc2c(C)cc(-c3cc(F)c4cc(C5CCNCC5)nnc4c3)nc2s1.Cn1cc2cc(-c3cc4c(F)cc(C5C=CNCC5)cc4nn3)cc(F)c2n1. The van der Waals surface area contributed by atoms with Gasteiger partial charge in [0.2, 0.25) is 0 Å². The predicted octanol–water partition coefficient (Wildman–Crippen LogP) is 13.8. The number of hydrogen-bond donors (Lipinski definition) is 2. The summed E-state index contributed by atoms with van der Waals surface area (Å²) < 4.78 is 60.9. The Balaban J connectivity index is 0.000000120. The van der Waals surface area contributed by atoms with Crippen molar-refractivity contribution in [2.24, 2.45) is 7.05 Å². The van der Waals surface area contributed by atoms with E-state index in [4.69, 9.17) is 9.97 Å². The van der Waals surface area contributed by atoms with Crippen LogP contribution in [0.4, 0.5) is 17.6 Å². The van der Waals surface area contributed by atoms with Gasteiger partial charge in [-0.3, -0.25) is 4.68 Å². The third-order valence-corrected chi connectivity index (χ3v) is 18.3. The minimum atomic E-state index is -0.441. The lowest BCUT2D eigenvalue weighted by Crippen LogP contribution is -2.32. The zero-order valence-corrected chi connectivity index (χ0v) is 50.0. The van der Waals surface area contributed by atoms with Crippen molar-refractivity contribution < 1.29 is 17.6 Å². The molecule has 0 spiro atoms. The maximum Gasteiger partial charge on any atom is 0.151 e. The number of aromatic nitrogens is 12. The van der Waals surface area contributed by atoms with Gasteiger partial charge in [-0.05, 0) is 194 Å². The number of allylic oxidation sites excluding steroid dienone is 1. The second-order valence-electron chi connectivity index (χ2n) is 22.5. The molecule has 8 aromatic heterocycles. The fraction of sp³-hybridized carbons (Fsp3) is 0.308. The highest BCUT2D eigenvalue weighted by molar-refractivity contribution is 7.18. The van der Waals surface area contributed by atoms with Crippen molar-refractivity contribution in [2.75, 3.05) is 39.3 Å². The average Bonchev–Trinajstić information content (AvgIpc) is 1.90. The number of fused-ring (bicyclic) bond motifs is 6. The highest BCUT2D eigenvalue weighted by Gasteiger charge is 2.24. The molecule has 3 aliphatic rings. The molecule has 0 amide bonds. The first-order valence-electron chi connectivity index (χ1n) is 29.1. The van der Waals surface area contributed by atoms with E-state index in [0.717, 1.165) is 142 Å². The molecule has 0 saturated carbocycles. The van der Waals surface area contributed by atoms with Crippen LogP contribution >= 0.6 is 22.7 Å². The fourth-order valence-corrected chi connectivity index (χ4v) is 13.7. The summed E-state index contributed by atoms with van der Waals surface area (Å²) >= 11 is 3.11. The molecule has 2 N–H and O–H groups in total. The first-order chi connectivity index (χ1) is 41.7. The number of hydrogen-bond acceptors (Lipinski definition) is 16. The van der Waals surface area contributed by atoms with Crippen molar-refractivity contribution in [1.29, 1.82) is 0 Å². The Morgan fingerprint density at radius 1 is 0.523 bits per heavy atom. The van der Waals surface area contributed by atoms with Crippen LogP contribution in [0.3, 0.4) is 0 Å². The Morgan fingerprint density at radius 3 is 1.64 bits per heavy atom. The summed E-state index contributed by atoms with van der Waals surface area (Å²) in [5.74, 6) is -0.489. The van der Waals surface area contributed by atoms with E-state index < -0.39 is 5.82 Å². The van der Waals surface area contributed by atoms with E-state index in [2.05, 4.69) is 68.1 Å². The second-order valence-corrected chi connectivity index (χ2v) is 24.9. The van der Waals surface area contributed by atoms with Gasteiger partial charge in [-0.1, -0.05) is 35.7 Å². The van der Waals surface area contributed by atoms with Gasteiger partial charge in [0.1, 0.15) is 43.7 Å². The van der Waals surface area contributed by atoms with Crippen LogP contribution in [0.5, 0.6) is 0 Å². The summed E-state index contributed by atoms with van der Waals surface area (Å²) in [6, 6.07) is 22.8. The van der Waals surface area contributed by atoms with Gasteiger partial charge >= 0.3 is 0 Å². The number of benzene rings is 4. The number of rotatable bonds is 7. The van der Waals surface area contributed by atoms with Crippen molar-refractivity contribution in [3.63, 3.8) is 0 Å². The van der Waals surface area contributed by atoms with E-state index in [1.165, 1.54) is 6.07 Å². The maximum atomic E-state index is 15.1. The van der Waals surface area contributed by atoms with Gasteiger partial charge in [-0.2, -0.15) is 25.5 Å². The van der Waals surface area contributed by atoms with E-state index in [-0.39, 0.29) is 23.4 Å². The Hall–Kier alpha value is -8.37. The van der Waals surface area contributed by atoms with Crippen LogP contribution in [-0.2, 0) is 7.05 Å². The topological polar surface area (TPSA) is 174 Å². The first-order valence-corrected chi connectivity index (χ1v) is 30.7. The zero-order chi connectivity index (χ0) is 59.3. The Morgan fingerprint density at radius 2 is 1.06 bits per heavy atom. The van der Waals surface area contributed by atoms with Crippen LogP contribution in [0.15, 0.2) is 97.3 Å². The number of pyridine rings is 2. The van der Waals surface area contributed by atoms with Crippen LogP contribution in [0.2, 0.25) is 0 Å². The van der Waals surface area contributed by atoms with E-state index in [0.29, 0.717) is 77.8 Å². The van der Waals surface area contributed by atoms with Crippen molar-refractivity contribution in [1.82, 2.24) is 75.8 Å². The number of thiazole rings is 2. The quantitative estimate of drug-likeness (QED) is 0.144. The van der Waals surface area contributed by atoms with Crippen LogP contribution in [-0.4, -0.2) is 104 Å². The van der Waals surface area contributed by atoms with E-state index in [1.54, 1.807) is 70.9 Å². The Labute approximate surface area is 501 Å². The number of halogens is 4. The number of likely N-dealkylation sites (tertiary alicyclic amines) is 1. The third-order valence-electron chi connectivity index (χ3n) is 16.6. The van der Waals surface area contributed by atoms with Gasteiger partial charge in [0, 0.05) is 75.8 Å². The van der Waals surface area contributed by atoms with E-state index in [9.17, 15) is 13.2 Å². The molecular weight excluding hydrogens is 1130 g/mol. The van der Waals surface area contributed by atoms with Gasteiger partial charge in [0.15, 0.2) is 5.82 Å². The van der Waals surface area contributed by atoms with Gasteiger partial charge in [0.05, 0.1) is 55.0 Å². The monoisotopic (exact) mass is 1190 g/mol. The van der Waals surface area contributed by atoms with Gasteiger partial charge in [-0.15, -0.1) is 10.2 Å². The molecule has 1 unspecified atom stereocenters. The summed E-state index contributed by atoms with van der Waals surface area (Å²) in [4.78, 5) is 22.7. The van der Waals surface area contributed by atoms with E-state index in [1.807, 2.05) is 82.4 Å². The Kier molecular flexibility index (Phi) is 15.7. The zero-order valence-electron chi connectivity index (χ0n) is 48.4. The lowest BCUT2D eigenvalue weighted by atomic mass is 9.92. The van der Waals surface area contributed by atoms with Crippen LogP contribution in [0.25, 0.3) is 98.1 Å². The van der Waals surface area contributed by atoms with Crippen LogP contribution in [0.1, 0.15) is 94.9 Å². The fourth-order valence-electron chi connectivity index (χ4n) is 11.9. The molecule has 11 heterocycles. The van der Waals surface area contributed by atoms with Crippen LogP contribution in [0, 0.1) is 51.0 Å². The molecule has 15 nitrogen and oxygen atoms in total. The molecule has 4 aromatic carbocycles. The molecule has 12 aromatic rings. The molecular formula is C65H61F4N15S2. The van der Waals surface area contributed by atoms with Gasteiger partial charge in [-0.25, -0.2) is 37.5 Å². The number of aryl methyl sites for hydroxylation is 5. The first kappa shape index (κ1) is 56.7. The van der Waals surface area contributed by atoms with Crippen molar-refractivity contribution in [3.05, 3.63) is 159 Å². The standard InChI is InChI=1S/C23H24FN5S.C21H17F2N5.C21H20FN5S/c1-4-29-7-5-15(6-8-29)20-12-17-18(24)10-16(11-21(17)28-27-20)19-9-13(2)22-23(26-19)30-14(3)25-22;1-28-11-15-6-14(8-18(23)21(15)27-28)19-10-16-17(22)7-13(9-20(16)26-25-19)12-2-4-24-5-3-12;1-11-7-17(25-21-20(11)24-12(2)28-21)14-8-16(22)15-10-18(26-27-19(15)9-14)13-3-5-23-6-4-13/h9-12,15H,4-8H2,1-3H3;2,4,6-12,24H,3,5H2,1H3;7-10,13,23H,3-6H2,1-2H3. The molecule has 3 aliphatic heterocycles. The smallest absolute Gasteiger partial charge is 0.151 e. The minimum absolute atomic E-state index is 0.156. The molecule has 21 heteroatoms. The number of nitrogens with one attached hydrogen (secondary N) is 2.